The summed E-state index contributed by atoms with van der Waals surface area (Å²) in [5.74, 6) is 0. The van der Waals surface area contributed by atoms with E-state index in [-0.39, 0.29) is 0 Å². The Labute approximate surface area is 142 Å². The summed E-state index contributed by atoms with van der Waals surface area (Å²) in [6.07, 6.45) is -1.82. The van der Waals surface area contributed by atoms with Gasteiger partial charge in [-0.2, -0.15) is 0 Å². The Morgan fingerprint density at radius 1 is 1.33 bits per heavy atom. The molecule has 1 aliphatic rings. The molecule has 0 fully saturated rings. The van der Waals surface area contributed by atoms with E-state index in [0.717, 1.165) is 11.3 Å². The maximum absolute atomic E-state index is 11.1. The summed E-state index contributed by atoms with van der Waals surface area (Å²) < 4.78 is 16.6. The van der Waals surface area contributed by atoms with E-state index in [1.54, 1.807) is 4.90 Å². The summed E-state index contributed by atoms with van der Waals surface area (Å²) in [5.41, 5.74) is 7.48. The van der Waals surface area contributed by atoms with Crippen molar-refractivity contribution in [2.75, 3.05) is 18.1 Å². The van der Waals surface area contributed by atoms with Gasteiger partial charge in [-0.25, -0.2) is 4.79 Å². The largest absolute Gasteiger partial charge is 0.507 e. The molecular weight excluding hydrogens is 312 g/mol. The van der Waals surface area contributed by atoms with Gasteiger partial charge in [-0.15, -0.1) is 0 Å². The van der Waals surface area contributed by atoms with E-state index in [9.17, 15) is 4.79 Å². The molecule has 1 heterocycles. The van der Waals surface area contributed by atoms with Crippen LogP contribution in [0.5, 0.6) is 0 Å². The molecule has 1 aliphatic heterocycles. The maximum Gasteiger partial charge on any atom is 0.507 e. The highest BCUT2D eigenvalue weighted by Gasteiger charge is 2.48. The SMILES string of the molecule is CCOC(OCC)C(N)(CC)N1c2ccccc2CC1OC(=O)O. The fourth-order valence-electron chi connectivity index (χ4n) is 3.15. The monoisotopic (exact) mass is 338 g/mol. The van der Waals surface area contributed by atoms with Gasteiger partial charge in [0.2, 0.25) is 0 Å². The van der Waals surface area contributed by atoms with Gasteiger partial charge in [-0.3, -0.25) is 0 Å². The molecule has 1 aromatic carbocycles. The van der Waals surface area contributed by atoms with E-state index < -0.39 is 24.3 Å². The first kappa shape index (κ1) is 18.5. The van der Waals surface area contributed by atoms with Crippen LogP contribution in [0.4, 0.5) is 10.5 Å². The second-order valence-electron chi connectivity index (χ2n) is 5.63. The lowest BCUT2D eigenvalue weighted by Crippen LogP contribution is -2.67. The number of nitrogens with two attached hydrogens (primary N) is 1. The van der Waals surface area contributed by atoms with Crippen LogP contribution in [-0.2, 0) is 20.6 Å². The summed E-state index contributed by atoms with van der Waals surface area (Å²) in [6, 6.07) is 7.65. The Kier molecular flexibility index (Phi) is 6.04. The molecule has 2 rings (SSSR count). The number of anilines is 1. The van der Waals surface area contributed by atoms with E-state index in [0.29, 0.717) is 26.1 Å². The van der Waals surface area contributed by atoms with Crippen LogP contribution in [0, 0.1) is 0 Å². The number of carboxylic acid groups (broad SMARTS) is 1. The molecule has 0 saturated heterocycles. The first-order chi connectivity index (χ1) is 11.5. The lowest BCUT2D eigenvalue weighted by Gasteiger charge is -2.46. The lowest BCUT2D eigenvalue weighted by atomic mass is 10.0. The van der Waals surface area contributed by atoms with Crippen LogP contribution in [0.3, 0.4) is 0 Å². The second kappa shape index (κ2) is 7.83. The molecule has 7 nitrogen and oxygen atoms in total. The maximum atomic E-state index is 11.1. The molecule has 0 saturated carbocycles. The van der Waals surface area contributed by atoms with Crippen molar-refractivity contribution in [2.45, 2.75) is 51.8 Å². The quantitative estimate of drug-likeness (QED) is 0.555. The molecule has 3 N–H and O–H groups in total. The Morgan fingerprint density at radius 2 is 1.96 bits per heavy atom. The third-order valence-electron chi connectivity index (χ3n) is 4.23. The molecule has 2 unspecified atom stereocenters. The van der Waals surface area contributed by atoms with Gasteiger partial charge >= 0.3 is 6.16 Å². The van der Waals surface area contributed by atoms with E-state index in [1.165, 1.54) is 0 Å². The minimum atomic E-state index is -1.33. The smallest absolute Gasteiger partial charge is 0.450 e. The molecule has 2 atom stereocenters. The van der Waals surface area contributed by atoms with Gasteiger partial charge in [0, 0.05) is 25.3 Å². The standard InChI is InChI=1S/C17H26N2O5/c1-4-17(18,15(22-5-2)23-6-3)19-13-10-8-7-9-12(13)11-14(19)24-16(20)21/h7-10,14-15H,4-6,11,18H2,1-3H3,(H,20,21). The molecule has 7 heteroatoms. The fraction of sp³-hybridized carbons (Fsp3) is 0.588. The van der Waals surface area contributed by atoms with Crippen LogP contribution in [0.25, 0.3) is 0 Å². The van der Waals surface area contributed by atoms with Crippen LogP contribution >= 0.6 is 0 Å². The van der Waals surface area contributed by atoms with E-state index in [4.69, 9.17) is 25.1 Å². The zero-order chi connectivity index (χ0) is 17.7. The number of fused-ring (bicyclic) bond motifs is 1. The van der Waals surface area contributed by atoms with Crippen molar-refractivity contribution >= 4 is 11.8 Å². The summed E-state index contributed by atoms with van der Waals surface area (Å²) in [7, 11) is 0. The number of carbonyl (C=O) groups is 1. The van der Waals surface area contributed by atoms with Gasteiger partial charge in [-0.1, -0.05) is 25.1 Å². The summed E-state index contributed by atoms with van der Waals surface area (Å²) >= 11 is 0. The highest BCUT2D eigenvalue weighted by molar-refractivity contribution is 5.64. The van der Waals surface area contributed by atoms with Gasteiger partial charge in [0.25, 0.3) is 0 Å². The average Bonchev–Trinajstić information content (AvgIpc) is 2.91. The van der Waals surface area contributed by atoms with Gasteiger partial charge in [-0.05, 0) is 31.9 Å². The van der Waals surface area contributed by atoms with E-state index in [2.05, 4.69) is 0 Å². The fourth-order valence-corrected chi connectivity index (χ4v) is 3.15. The zero-order valence-electron chi connectivity index (χ0n) is 14.4. The van der Waals surface area contributed by atoms with Gasteiger partial charge < -0.3 is 30.0 Å². The third-order valence-corrected chi connectivity index (χ3v) is 4.23. The molecule has 0 amide bonds. The predicted molar refractivity (Wildman–Crippen MR) is 89.8 cm³/mol. The molecule has 0 aromatic heterocycles. The number of hydrogen-bond acceptors (Lipinski definition) is 6. The minimum Gasteiger partial charge on any atom is -0.450 e. The molecule has 24 heavy (non-hydrogen) atoms. The Hall–Kier alpha value is -1.83. The van der Waals surface area contributed by atoms with Crippen molar-refractivity contribution in [1.29, 1.82) is 0 Å². The normalized spacial score (nSPS) is 19.2. The van der Waals surface area contributed by atoms with Gasteiger partial charge in [0.1, 0.15) is 5.66 Å². The topological polar surface area (TPSA) is 94.3 Å². The highest BCUT2D eigenvalue weighted by atomic mass is 16.7. The molecule has 134 valence electrons. The summed E-state index contributed by atoms with van der Waals surface area (Å²) in [4.78, 5) is 12.9. The molecular formula is C17H26N2O5. The van der Waals surface area contributed by atoms with Crippen molar-refractivity contribution in [3.8, 4) is 0 Å². The van der Waals surface area contributed by atoms with Crippen LogP contribution in [0.1, 0.15) is 32.8 Å². The summed E-state index contributed by atoms with van der Waals surface area (Å²) in [6.45, 7) is 6.52. The number of rotatable bonds is 8. The van der Waals surface area contributed by atoms with Crippen molar-refractivity contribution in [3.63, 3.8) is 0 Å². The first-order valence-electron chi connectivity index (χ1n) is 8.26. The Morgan fingerprint density at radius 3 is 2.50 bits per heavy atom. The van der Waals surface area contributed by atoms with Crippen LogP contribution in [0.2, 0.25) is 0 Å². The van der Waals surface area contributed by atoms with Crippen molar-refractivity contribution in [1.82, 2.24) is 0 Å². The minimum absolute atomic E-state index is 0.434. The first-order valence-corrected chi connectivity index (χ1v) is 8.26. The predicted octanol–water partition coefficient (Wildman–Crippen LogP) is 2.53. The molecule has 0 bridgehead atoms. The molecule has 0 radical (unpaired) electrons. The van der Waals surface area contributed by atoms with Crippen LogP contribution < -0.4 is 10.6 Å². The number of ether oxygens (including phenoxy) is 3. The lowest BCUT2D eigenvalue weighted by molar-refractivity contribution is -0.180. The van der Waals surface area contributed by atoms with E-state index >= 15 is 0 Å². The number of nitrogens with zero attached hydrogens (tertiary/aromatic N) is 1. The molecule has 0 spiro atoms. The number of benzene rings is 1. The Bertz CT molecular complexity index is 562. The van der Waals surface area contributed by atoms with Gasteiger partial charge in [0.15, 0.2) is 12.5 Å². The zero-order valence-corrected chi connectivity index (χ0v) is 14.4. The number of para-hydroxylation sites is 1. The second-order valence-corrected chi connectivity index (χ2v) is 5.63. The molecule has 1 aromatic rings. The van der Waals surface area contributed by atoms with Crippen LogP contribution in [-0.4, -0.2) is 42.7 Å². The third kappa shape index (κ3) is 3.48. The summed E-state index contributed by atoms with van der Waals surface area (Å²) in [5, 5.41) is 9.10. The van der Waals surface area contributed by atoms with Crippen molar-refractivity contribution in [2.24, 2.45) is 5.73 Å². The van der Waals surface area contributed by atoms with Crippen LogP contribution in [0.15, 0.2) is 24.3 Å². The molecule has 0 aliphatic carbocycles. The van der Waals surface area contributed by atoms with Gasteiger partial charge in [0.05, 0.1) is 0 Å². The Balaban J connectivity index is 2.45. The van der Waals surface area contributed by atoms with Crippen molar-refractivity contribution in [3.05, 3.63) is 29.8 Å². The average molecular weight is 338 g/mol. The number of hydrogen-bond donors (Lipinski definition) is 2. The highest BCUT2D eigenvalue weighted by Crippen LogP contribution is 2.39. The van der Waals surface area contributed by atoms with Crippen molar-refractivity contribution < 1.29 is 24.1 Å². The van der Waals surface area contributed by atoms with E-state index in [1.807, 2.05) is 45.0 Å².